The molecule has 0 unspecified atom stereocenters. The molecule has 0 radical (unpaired) electrons. The summed E-state index contributed by atoms with van der Waals surface area (Å²) >= 11 is 13.0. The summed E-state index contributed by atoms with van der Waals surface area (Å²) in [5.74, 6) is -0.425. The molecule has 0 atom stereocenters. The second-order valence-corrected chi connectivity index (χ2v) is 7.28. The van der Waals surface area contributed by atoms with Gasteiger partial charge in [-0.25, -0.2) is 0 Å². The molecular formula is C11H14Cl2O2. The van der Waals surface area contributed by atoms with Gasteiger partial charge in [-0.05, 0) is 43.9 Å². The zero-order valence-corrected chi connectivity index (χ0v) is 9.89. The quantitative estimate of drug-likeness (QED) is 0.725. The van der Waals surface area contributed by atoms with Crippen molar-refractivity contribution in [3.05, 3.63) is 0 Å². The molecule has 0 aromatic carbocycles. The summed E-state index contributed by atoms with van der Waals surface area (Å²) in [6.07, 6.45) is 4.24. The number of hydrogen-bond donors (Lipinski definition) is 1. The van der Waals surface area contributed by atoms with E-state index in [0.29, 0.717) is 0 Å². The Balaban J connectivity index is 1.97. The lowest BCUT2D eigenvalue weighted by atomic mass is 9.51. The lowest BCUT2D eigenvalue weighted by molar-refractivity contribution is -0.153. The van der Waals surface area contributed by atoms with Crippen LogP contribution in [0.2, 0.25) is 0 Å². The van der Waals surface area contributed by atoms with Crippen LogP contribution in [0.4, 0.5) is 0 Å². The molecule has 84 valence electrons. The van der Waals surface area contributed by atoms with Gasteiger partial charge in [-0.1, -0.05) is 0 Å². The van der Waals surface area contributed by atoms with Crippen LogP contribution >= 0.6 is 23.2 Å². The van der Waals surface area contributed by atoms with Crippen molar-refractivity contribution in [2.75, 3.05) is 0 Å². The largest absolute Gasteiger partial charge is 0.481 e. The molecule has 0 aromatic rings. The highest BCUT2D eigenvalue weighted by molar-refractivity contribution is 6.28. The van der Waals surface area contributed by atoms with Gasteiger partial charge < -0.3 is 5.11 Å². The van der Waals surface area contributed by atoms with Gasteiger partial charge in [0.05, 0.1) is 5.92 Å². The fraction of sp³-hybridized carbons (Fsp3) is 0.909. The Morgan fingerprint density at radius 1 is 1.07 bits per heavy atom. The Kier molecular flexibility index (Phi) is 1.93. The minimum Gasteiger partial charge on any atom is -0.481 e. The molecule has 4 aliphatic rings. The van der Waals surface area contributed by atoms with E-state index >= 15 is 0 Å². The summed E-state index contributed by atoms with van der Waals surface area (Å²) in [5.41, 5.74) is 0. The SMILES string of the molecule is O=C(O)C1C2CC3(Cl)CC1CC(Cl)(C2)C3. The van der Waals surface area contributed by atoms with Crippen LogP contribution in [0.15, 0.2) is 0 Å². The van der Waals surface area contributed by atoms with Crippen LogP contribution in [0.5, 0.6) is 0 Å². The van der Waals surface area contributed by atoms with E-state index in [0.717, 1.165) is 32.1 Å². The molecule has 4 aliphatic carbocycles. The Bertz CT molecular complexity index is 293. The highest BCUT2D eigenvalue weighted by Crippen LogP contribution is 2.64. The zero-order valence-electron chi connectivity index (χ0n) is 8.38. The van der Waals surface area contributed by atoms with Crippen LogP contribution < -0.4 is 0 Å². The molecule has 0 saturated heterocycles. The van der Waals surface area contributed by atoms with E-state index in [1.807, 2.05) is 0 Å². The van der Waals surface area contributed by atoms with E-state index in [1.165, 1.54) is 0 Å². The van der Waals surface area contributed by atoms with E-state index in [9.17, 15) is 9.90 Å². The summed E-state index contributed by atoms with van der Waals surface area (Å²) in [6, 6.07) is 0. The average Bonchev–Trinajstić information content (AvgIpc) is 1.94. The van der Waals surface area contributed by atoms with Crippen molar-refractivity contribution in [3.8, 4) is 0 Å². The topological polar surface area (TPSA) is 37.3 Å². The zero-order chi connectivity index (χ0) is 10.8. The third-order valence-electron chi connectivity index (χ3n) is 4.45. The van der Waals surface area contributed by atoms with Gasteiger partial charge in [0, 0.05) is 9.75 Å². The monoisotopic (exact) mass is 248 g/mol. The molecule has 4 fully saturated rings. The fourth-order valence-electron chi connectivity index (χ4n) is 4.34. The lowest BCUT2D eigenvalue weighted by Gasteiger charge is -2.59. The van der Waals surface area contributed by atoms with Crippen LogP contribution in [0.25, 0.3) is 0 Å². The maximum absolute atomic E-state index is 11.2. The lowest BCUT2D eigenvalue weighted by Crippen LogP contribution is -2.59. The van der Waals surface area contributed by atoms with E-state index in [1.54, 1.807) is 0 Å². The van der Waals surface area contributed by atoms with Gasteiger partial charge in [0.2, 0.25) is 0 Å². The van der Waals surface area contributed by atoms with Crippen LogP contribution in [0.1, 0.15) is 32.1 Å². The van der Waals surface area contributed by atoms with Crippen LogP contribution in [-0.2, 0) is 4.79 Å². The average molecular weight is 249 g/mol. The van der Waals surface area contributed by atoms with E-state index in [-0.39, 0.29) is 27.5 Å². The molecule has 0 amide bonds. The first-order valence-corrected chi connectivity index (χ1v) is 6.27. The van der Waals surface area contributed by atoms with Crippen molar-refractivity contribution < 1.29 is 9.90 Å². The first-order chi connectivity index (χ1) is 6.91. The third kappa shape index (κ3) is 1.41. The second kappa shape index (κ2) is 2.84. The molecule has 0 heterocycles. The van der Waals surface area contributed by atoms with E-state index in [2.05, 4.69) is 0 Å². The van der Waals surface area contributed by atoms with Gasteiger partial charge in [-0.3, -0.25) is 4.79 Å². The first kappa shape index (κ1) is 10.2. The van der Waals surface area contributed by atoms with Crippen molar-refractivity contribution in [3.63, 3.8) is 0 Å². The molecule has 0 aliphatic heterocycles. The Morgan fingerprint density at radius 3 is 1.80 bits per heavy atom. The number of carboxylic acids is 1. The maximum atomic E-state index is 11.2. The van der Waals surface area contributed by atoms with Crippen molar-refractivity contribution in [1.82, 2.24) is 0 Å². The molecule has 4 rings (SSSR count). The summed E-state index contributed by atoms with van der Waals surface area (Å²) < 4.78 is 0. The molecule has 2 nitrogen and oxygen atoms in total. The normalized spacial score (nSPS) is 57.1. The number of alkyl halides is 2. The molecular weight excluding hydrogens is 235 g/mol. The Morgan fingerprint density at radius 2 is 1.47 bits per heavy atom. The third-order valence-corrected chi connectivity index (χ3v) is 5.33. The Hall–Kier alpha value is 0.0500. The van der Waals surface area contributed by atoms with E-state index in [4.69, 9.17) is 23.2 Å². The molecule has 4 saturated carbocycles. The van der Waals surface area contributed by atoms with Crippen molar-refractivity contribution in [2.45, 2.75) is 41.9 Å². The summed E-state index contributed by atoms with van der Waals surface area (Å²) in [6.45, 7) is 0. The number of aliphatic carboxylic acids is 1. The summed E-state index contributed by atoms with van der Waals surface area (Å²) in [4.78, 5) is 10.8. The molecule has 4 heteroatoms. The van der Waals surface area contributed by atoms with Gasteiger partial charge in [0.25, 0.3) is 0 Å². The number of halogens is 2. The van der Waals surface area contributed by atoms with Crippen molar-refractivity contribution in [2.24, 2.45) is 17.8 Å². The number of carbonyl (C=O) groups is 1. The number of carboxylic acid groups (broad SMARTS) is 1. The second-order valence-electron chi connectivity index (χ2n) is 5.68. The van der Waals surface area contributed by atoms with E-state index < -0.39 is 5.97 Å². The number of rotatable bonds is 1. The maximum Gasteiger partial charge on any atom is 0.307 e. The van der Waals surface area contributed by atoms with Crippen LogP contribution in [-0.4, -0.2) is 20.8 Å². The molecule has 0 aromatic heterocycles. The summed E-state index contributed by atoms with van der Waals surface area (Å²) in [5, 5.41) is 9.23. The first-order valence-electron chi connectivity index (χ1n) is 5.52. The highest BCUT2D eigenvalue weighted by Gasteiger charge is 2.61. The molecule has 0 spiro atoms. The van der Waals surface area contributed by atoms with Gasteiger partial charge >= 0.3 is 5.97 Å². The fourth-order valence-corrected chi connectivity index (χ4v) is 5.72. The van der Waals surface area contributed by atoms with Crippen molar-refractivity contribution in [1.29, 1.82) is 0 Å². The van der Waals surface area contributed by atoms with Gasteiger partial charge in [0.1, 0.15) is 0 Å². The number of hydrogen-bond acceptors (Lipinski definition) is 1. The minimum absolute atomic E-state index is 0.191. The van der Waals surface area contributed by atoms with Crippen LogP contribution in [0.3, 0.4) is 0 Å². The predicted octanol–water partition coefficient (Wildman–Crippen LogP) is 2.87. The smallest absolute Gasteiger partial charge is 0.307 e. The predicted molar refractivity (Wildman–Crippen MR) is 58.4 cm³/mol. The Labute approximate surface area is 98.9 Å². The summed E-state index contributed by atoms with van der Waals surface area (Å²) in [7, 11) is 0. The highest BCUT2D eigenvalue weighted by atomic mass is 35.5. The molecule has 15 heavy (non-hydrogen) atoms. The van der Waals surface area contributed by atoms with Gasteiger partial charge in [-0.2, -0.15) is 0 Å². The minimum atomic E-state index is -0.649. The molecule has 4 bridgehead atoms. The van der Waals surface area contributed by atoms with Crippen molar-refractivity contribution >= 4 is 29.2 Å². The standard InChI is InChI=1S/C11H14Cl2O2/c12-10-1-6-2-11(13,5-10)4-7(3-10)8(6)9(14)15/h6-8H,1-5H2,(H,14,15). The molecule has 1 N–H and O–H groups in total. The van der Waals surface area contributed by atoms with Gasteiger partial charge in [0.15, 0.2) is 0 Å². The van der Waals surface area contributed by atoms with Gasteiger partial charge in [-0.15, -0.1) is 23.2 Å². The van der Waals surface area contributed by atoms with Crippen LogP contribution in [0, 0.1) is 17.8 Å².